The van der Waals surface area contributed by atoms with E-state index in [1.807, 2.05) is 6.07 Å². The first-order chi connectivity index (χ1) is 39.0. The summed E-state index contributed by atoms with van der Waals surface area (Å²) in [6.45, 7) is 1.35. The summed E-state index contributed by atoms with van der Waals surface area (Å²) in [7, 11) is -3.45. The quantitative estimate of drug-likeness (QED) is 0.0158. The van der Waals surface area contributed by atoms with Gasteiger partial charge in [-0.25, -0.2) is 9.36 Å². The Morgan fingerprint density at radius 3 is 2.21 bits per heavy atom. The van der Waals surface area contributed by atoms with Gasteiger partial charge >= 0.3 is 13.9 Å². The lowest BCUT2D eigenvalue weighted by molar-refractivity contribution is -0.150. The number of anilines is 3. The van der Waals surface area contributed by atoms with E-state index < -0.39 is 37.1 Å². The maximum Gasteiger partial charge on any atom is 0.524 e. The molecule has 0 radical (unpaired) electrons. The van der Waals surface area contributed by atoms with E-state index in [1.165, 1.54) is 35.1 Å². The smallest absolute Gasteiger partial charge is 0.493 e. The number of hydrogen-bond donors (Lipinski definition) is 5. The minimum Gasteiger partial charge on any atom is -0.493 e. The largest absolute Gasteiger partial charge is 0.524 e. The highest BCUT2D eigenvalue weighted by molar-refractivity contribution is 7.46. The van der Waals surface area contributed by atoms with Crippen molar-refractivity contribution in [3.63, 3.8) is 0 Å². The summed E-state index contributed by atoms with van der Waals surface area (Å²) in [5, 5.41) is 9.38. The molecule has 81 heavy (non-hydrogen) atoms. The number of carbonyl (C=O) groups excluding carboxylic acids is 8. The van der Waals surface area contributed by atoms with Crippen LogP contribution in [0.5, 0.6) is 17.2 Å². The summed E-state index contributed by atoms with van der Waals surface area (Å²) in [6.07, 6.45) is 8.33. The van der Waals surface area contributed by atoms with Crippen LogP contribution in [-0.2, 0) is 44.7 Å². The highest BCUT2D eigenvalue weighted by Crippen LogP contribution is 2.49. The topological polar surface area (TPSA) is 280 Å². The highest BCUT2D eigenvalue weighted by Gasteiger charge is 2.50. The molecule has 4 aromatic rings. The summed E-state index contributed by atoms with van der Waals surface area (Å²) >= 11 is 6.40. The predicted molar refractivity (Wildman–Crippen MR) is 298 cm³/mol. The van der Waals surface area contributed by atoms with Gasteiger partial charge in [0, 0.05) is 86.3 Å². The van der Waals surface area contributed by atoms with E-state index in [0.717, 1.165) is 12.0 Å². The molecule has 9 rings (SSSR count). The molecule has 8 amide bonds. The van der Waals surface area contributed by atoms with Crippen LogP contribution < -0.4 is 39.7 Å². The number of alkyl halides is 1. The van der Waals surface area contributed by atoms with Crippen molar-refractivity contribution in [2.45, 2.75) is 95.6 Å². The van der Waals surface area contributed by atoms with Crippen molar-refractivity contribution in [1.82, 2.24) is 20.4 Å². The van der Waals surface area contributed by atoms with Gasteiger partial charge in [-0.1, -0.05) is 42.8 Å². The Morgan fingerprint density at radius 2 is 1.51 bits per heavy atom. The number of imide groups is 1. The maximum absolute atomic E-state index is 14.1. The van der Waals surface area contributed by atoms with Crippen LogP contribution in [0.15, 0.2) is 78.9 Å². The number of phosphoric ester groups is 1. The van der Waals surface area contributed by atoms with Gasteiger partial charge in [0.15, 0.2) is 11.5 Å². The van der Waals surface area contributed by atoms with Gasteiger partial charge < -0.3 is 44.5 Å². The number of carbonyl (C=O) groups is 8. The molecule has 22 nitrogen and oxygen atoms in total. The number of nitrogens with one attached hydrogen (secondary N) is 3. The molecule has 1 aliphatic carbocycles. The van der Waals surface area contributed by atoms with E-state index in [1.54, 1.807) is 64.4 Å². The number of rotatable bonds is 24. The number of nitrogens with zero attached hydrogens (tertiary/aromatic N) is 4. The van der Waals surface area contributed by atoms with Crippen molar-refractivity contribution in [3.05, 3.63) is 95.6 Å². The van der Waals surface area contributed by atoms with Crippen LogP contribution in [0.3, 0.4) is 0 Å². The lowest BCUT2D eigenvalue weighted by atomic mass is 9.67. The molecule has 24 heteroatoms. The first kappa shape index (κ1) is 58.1. The number of halogens is 1. The van der Waals surface area contributed by atoms with Gasteiger partial charge in [0.05, 0.1) is 43.2 Å². The number of hydrogen-bond acceptors (Lipinski definition) is 13. The first-order valence-corrected chi connectivity index (χ1v) is 29.3. The fourth-order valence-electron chi connectivity index (χ4n) is 11.1. The molecule has 0 unspecified atom stereocenters. The molecule has 0 bridgehead atoms. The van der Waals surface area contributed by atoms with Gasteiger partial charge in [-0.3, -0.25) is 53.1 Å². The standard InChI is InChI=1S/C57H65ClN7O15P/c1-77-46-28-42-43(29-47(46)78-27-9-2-4-15-49(67)64-33-37(31-58)52-41-14-6-5-13-40(41)45(30-44(52)64)80-81(74,75)76)65(34-39-12-10-26-62(39)53(42)70)56(73)79-35-36-16-18-38(19-17-36)61-48(66)32-60-55(72)57(22-11-23-57)54(71)59-24-7-3-8-25-63-50(68)20-21-51(63)69/h5-6,13-14,16-21,28-30,37,39H,2-4,7-12,15,22-27,31-35H2,1H3,(H,59,71)(H,60,72)(H,61,66)(H2,74,75,76)/t37-,39+/m1/s1. The van der Waals surface area contributed by atoms with Gasteiger partial charge in [-0.05, 0) is 98.9 Å². The Hall–Kier alpha value is -7.52. The van der Waals surface area contributed by atoms with Crippen molar-refractivity contribution in [1.29, 1.82) is 0 Å². The third-order valence-electron chi connectivity index (χ3n) is 15.5. The zero-order valence-electron chi connectivity index (χ0n) is 44.8. The molecular formula is C57H65ClN7O15P. The van der Waals surface area contributed by atoms with E-state index >= 15 is 0 Å². The Bertz CT molecular complexity index is 3170. The van der Waals surface area contributed by atoms with Crippen molar-refractivity contribution in [3.8, 4) is 17.2 Å². The van der Waals surface area contributed by atoms with Crippen molar-refractivity contribution in [2.75, 3.05) is 74.0 Å². The maximum atomic E-state index is 14.1. The van der Waals surface area contributed by atoms with Crippen LogP contribution in [-0.4, -0.2) is 132 Å². The van der Waals surface area contributed by atoms with Gasteiger partial charge in [0.1, 0.15) is 17.8 Å². The van der Waals surface area contributed by atoms with Gasteiger partial charge in [0.25, 0.3) is 17.7 Å². The van der Waals surface area contributed by atoms with Crippen molar-refractivity contribution in [2.24, 2.45) is 5.41 Å². The second kappa shape index (κ2) is 25.5. The van der Waals surface area contributed by atoms with Gasteiger partial charge in [-0.2, -0.15) is 0 Å². The molecule has 1 saturated heterocycles. The van der Waals surface area contributed by atoms with Crippen LogP contribution in [0, 0.1) is 5.41 Å². The van der Waals surface area contributed by atoms with Crippen LogP contribution in [0.1, 0.15) is 104 Å². The van der Waals surface area contributed by atoms with E-state index in [9.17, 15) is 52.7 Å². The average Bonchev–Trinajstić information content (AvgIpc) is 4.15. The number of unbranched alkanes of at least 4 members (excludes halogenated alkanes) is 4. The SMILES string of the molecule is COc1cc2c(cc1OCCCCCC(=O)N1C[C@@H](CCl)c3c1cc(OP(=O)(O)O)c1ccccc31)N(C(=O)OCc1ccc(NC(=O)CNC(=O)C3(C(=O)NCCCCCN4C(=O)C=CC4=O)CCC3)cc1)C[C@@H]1CCCN1C2=O. The number of ether oxygens (including phenoxy) is 3. The molecule has 0 aromatic heterocycles. The molecule has 5 aliphatic rings. The van der Waals surface area contributed by atoms with E-state index in [0.29, 0.717) is 135 Å². The lowest BCUT2D eigenvalue weighted by Gasteiger charge is -2.38. The fraction of sp³-hybridized carbons (Fsp3) is 0.439. The third-order valence-corrected chi connectivity index (χ3v) is 16.3. The number of amides is 8. The zero-order valence-corrected chi connectivity index (χ0v) is 46.5. The van der Waals surface area contributed by atoms with Crippen LogP contribution in [0.2, 0.25) is 0 Å². The average molecular weight is 1150 g/mol. The molecule has 2 atom stereocenters. The second-order valence-corrected chi connectivity index (χ2v) is 22.2. The summed E-state index contributed by atoms with van der Waals surface area (Å²) in [5.74, 6) is -1.94. The van der Waals surface area contributed by atoms with E-state index in [2.05, 4.69) is 16.0 Å². The Balaban J connectivity index is 0.751. The molecule has 430 valence electrons. The molecule has 1 saturated carbocycles. The third kappa shape index (κ3) is 13.1. The summed E-state index contributed by atoms with van der Waals surface area (Å²) in [5.41, 5.74) is 1.64. The van der Waals surface area contributed by atoms with Crippen LogP contribution >= 0.6 is 19.4 Å². The van der Waals surface area contributed by atoms with Gasteiger partial charge in [0.2, 0.25) is 23.6 Å². The normalized spacial score (nSPS) is 18.0. The Labute approximate surface area is 472 Å². The predicted octanol–water partition coefficient (Wildman–Crippen LogP) is 6.83. The van der Waals surface area contributed by atoms with Gasteiger partial charge in [-0.15, -0.1) is 11.6 Å². The second-order valence-electron chi connectivity index (χ2n) is 20.8. The monoisotopic (exact) mass is 1150 g/mol. The van der Waals surface area contributed by atoms with Crippen LogP contribution in [0.4, 0.5) is 21.9 Å². The number of benzene rings is 4. The Morgan fingerprint density at radius 1 is 0.790 bits per heavy atom. The summed E-state index contributed by atoms with van der Waals surface area (Å²) < 4.78 is 34.7. The molecule has 2 fully saturated rings. The Kier molecular flexibility index (Phi) is 18.3. The molecule has 4 heterocycles. The molecule has 4 aromatic carbocycles. The molecule has 4 aliphatic heterocycles. The van der Waals surface area contributed by atoms with Crippen molar-refractivity contribution < 1.29 is 71.4 Å². The molecular weight excluding hydrogens is 1090 g/mol. The minimum atomic E-state index is -4.91. The molecule has 0 spiro atoms. The minimum absolute atomic E-state index is 0.0321. The fourth-order valence-corrected chi connectivity index (χ4v) is 11.8. The highest BCUT2D eigenvalue weighted by atomic mass is 35.5. The number of methoxy groups -OCH3 is 1. The molecule has 5 N–H and O–H groups in total. The summed E-state index contributed by atoms with van der Waals surface area (Å²) in [4.78, 5) is 130. The zero-order chi connectivity index (χ0) is 57.4. The van der Waals surface area contributed by atoms with Crippen molar-refractivity contribution >= 4 is 94.7 Å². The van der Waals surface area contributed by atoms with E-state index in [-0.39, 0.29) is 85.5 Å². The lowest BCUT2D eigenvalue weighted by Crippen LogP contribution is -2.56. The van der Waals surface area contributed by atoms with E-state index in [4.69, 9.17) is 30.3 Å². The summed E-state index contributed by atoms with van der Waals surface area (Å²) in [6, 6.07) is 18.1. The number of fused-ring (bicyclic) bond motifs is 5. The number of phosphoric acid groups is 1. The first-order valence-electron chi connectivity index (χ1n) is 27.2. The van der Waals surface area contributed by atoms with Crippen LogP contribution in [0.25, 0.3) is 10.8 Å².